The number of carbonyl (C=O) groups is 1. The molecule has 1 heterocycles. The SMILES string of the molecule is CCOC(=O)C(C)(CC(C)Sc1nnnn1C1CC1)NC. The highest BCUT2D eigenvalue weighted by Crippen LogP contribution is 2.37. The number of tetrazole rings is 1. The van der Waals surface area contributed by atoms with Crippen molar-refractivity contribution in [3.8, 4) is 0 Å². The van der Waals surface area contributed by atoms with E-state index in [0.717, 1.165) is 18.0 Å². The molecule has 0 aromatic carbocycles. The Kier molecular flexibility index (Phi) is 5.21. The monoisotopic (exact) mass is 313 g/mol. The highest BCUT2D eigenvalue weighted by atomic mass is 32.2. The molecule has 1 aliphatic rings. The van der Waals surface area contributed by atoms with E-state index in [1.165, 1.54) is 0 Å². The van der Waals surface area contributed by atoms with Crippen molar-refractivity contribution in [2.45, 2.75) is 62.0 Å². The summed E-state index contributed by atoms with van der Waals surface area (Å²) in [6, 6.07) is 0.454. The maximum atomic E-state index is 12.1. The van der Waals surface area contributed by atoms with Crippen LogP contribution in [0.15, 0.2) is 5.16 Å². The second-order valence-corrected chi connectivity index (χ2v) is 6.98. The van der Waals surface area contributed by atoms with Crippen LogP contribution in [-0.4, -0.2) is 50.6 Å². The van der Waals surface area contributed by atoms with Crippen LogP contribution < -0.4 is 5.32 Å². The summed E-state index contributed by atoms with van der Waals surface area (Å²) in [6.07, 6.45) is 2.93. The maximum Gasteiger partial charge on any atom is 0.326 e. The number of carbonyl (C=O) groups excluding carboxylic acids is 1. The topological polar surface area (TPSA) is 81.9 Å². The zero-order valence-electron chi connectivity index (χ0n) is 13.0. The van der Waals surface area contributed by atoms with E-state index in [1.54, 1.807) is 18.8 Å². The summed E-state index contributed by atoms with van der Waals surface area (Å²) in [7, 11) is 1.78. The first-order chi connectivity index (χ1) is 10.00. The second-order valence-electron chi connectivity index (χ2n) is 5.57. The van der Waals surface area contributed by atoms with Gasteiger partial charge in [-0.25, -0.2) is 4.68 Å². The molecular weight excluding hydrogens is 290 g/mol. The van der Waals surface area contributed by atoms with Gasteiger partial charge in [0.1, 0.15) is 5.54 Å². The first-order valence-corrected chi connectivity index (χ1v) is 8.18. The van der Waals surface area contributed by atoms with E-state index >= 15 is 0 Å². The molecule has 0 spiro atoms. The molecule has 0 saturated heterocycles. The van der Waals surface area contributed by atoms with Crippen LogP contribution in [0.1, 0.15) is 46.1 Å². The lowest BCUT2D eigenvalue weighted by atomic mass is 9.96. The van der Waals surface area contributed by atoms with Gasteiger partial charge in [0.2, 0.25) is 5.16 Å². The van der Waals surface area contributed by atoms with Gasteiger partial charge in [0, 0.05) is 5.25 Å². The number of hydrogen-bond donors (Lipinski definition) is 1. The number of esters is 1. The molecule has 0 radical (unpaired) electrons. The van der Waals surface area contributed by atoms with E-state index in [9.17, 15) is 4.79 Å². The molecule has 2 atom stereocenters. The van der Waals surface area contributed by atoms with Crippen molar-refractivity contribution in [2.24, 2.45) is 0 Å². The molecule has 1 fully saturated rings. The third kappa shape index (κ3) is 3.94. The molecule has 2 unspecified atom stereocenters. The van der Waals surface area contributed by atoms with E-state index in [4.69, 9.17) is 4.74 Å². The van der Waals surface area contributed by atoms with Crippen LogP contribution >= 0.6 is 11.8 Å². The zero-order chi connectivity index (χ0) is 15.5. The van der Waals surface area contributed by atoms with Crippen LogP contribution in [0.25, 0.3) is 0 Å². The van der Waals surface area contributed by atoms with Crippen LogP contribution in [0, 0.1) is 0 Å². The smallest absolute Gasteiger partial charge is 0.326 e. The van der Waals surface area contributed by atoms with Crippen molar-refractivity contribution in [1.82, 2.24) is 25.5 Å². The van der Waals surface area contributed by atoms with E-state index in [2.05, 4.69) is 27.8 Å². The van der Waals surface area contributed by atoms with Gasteiger partial charge in [-0.1, -0.05) is 18.7 Å². The fourth-order valence-corrected chi connectivity index (χ4v) is 3.34. The second kappa shape index (κ2) is 6.74. The molecule has 1 aliphatic carbocycles. The van der Waals surface area contributed by atoms with Crippen LogP contribution in [0.4, 0.5) is 0 Å². The van der Waals surface area contributed by atoms with Crippen LogP contribution in [0.2, 0.25) is 0 Å². The molecule has 1 aromatic heterocycles. The normalized spacial score (nSPS) is 19.0. The molecule has 0 amide bonds. The summed E-state index contributed by atoms with van der Waals surface area (Å²) in [4.78, 5) is 12.1. The molecule has 1 aromatic rings. The van der Waals surface area contributed by atoms with Crippen molar-refractivity contribution in [1.29, 1.82) is 0 Å². The molecule has 2 rings (SSSR count). The first kappa shape index (κ1) is 16.2. The van der Waals surface area contributed by atoms with Gasteiger partial charge in [-0.05, 0) is 50.6 Å². The van der Waals surface area contributed by atoms with Crippen LogP contribution in [0.3, 0.4) is 0 Å². The minimum absolute atomic E-state index is 0.190. The molecule has 1 saturated carbocycles. The lowest BCUT2D eigenvalue weighted by Crippen LogP contribution is -2.50. The van der Waals surface area contributed by atoms with E-state index in [1.807, 2.05) is 18.5 Å². The van der Waals surface area contributed by atoms with Gasteiger partial charge in [0.15, 0.2) is 0 Å². The highest BCUT2D eigenvalue weighted by Gasteiger charge is 2.36. The summed E-state index contributed by atoms with van der Waals surface area (Å²) in [5.74, 6) is -0.221. The minimum Gasteiger partial charge on any atom is -0.465 e. The third-order valence-corrected chi connectivity index (χ3v) is 4.68. The van der Waals surface area contributed by atoms with E-state index in [-0.39, 0.29) is 11.2 Å². The van der Waals surface area contributed by atoms with Crippen molar-refractivity contribution in [2.75, 3.05) is 13.7 Å². The largest absolute Gasteiger partial charge is 0.465 e. The van der Waals surface area contributed by atoms with Crippen LogP contribution in [-0.2, 0) is 9.53 Å². The Morgan fingerprint density at radius 2 is 2.33 bits per heavy atom. The lowest BCUT2D eigenvalue weighted by molar-refractivity contribution is -0.150. The lowest BCUT2D eigenvalue weighted by Gasteiger charge is -2.29. The Bertz CT molecular complexity index is 491. The first-order valence-electron chi connectivity index (χ1n) is 7.30. The van der Waals surface area contributed by atoms with Crippen molar-refractivity contribution < 1.29 is 9.53 Å². The number of ether oxygens (including phenoxy) is 1. The molecule has 0 aliphatic heterocycles. The highest BCUT2D eigenvalue weighted by molar-refractivity contribution is 7.99. The standard InChI is InChI=1S/C13H23N5O2S/c1-5-20-11(19)13(3,14-4)8-9(2)21-12-15-16-17-18(12)10-6-7-10/h9-10,14H,5-8H2,1-4H3. The quantitative estimate of drug-likeness (QED) is 0.574. The molecule has 7 nitrogen and oxygen atoms in total. The molecule has 8 heteroatoms. The minimum atomic E-state index is -0.694. The van der Waals surface area contributed by atoms with Gasteiger partial charge in [-0.15, -0.1) is 5.10 Å². The van der Waals surface area contributed by atoms with Crippen molar-refractivity contribution >= 4 is 17.7 Å². The summed E-state index contributed by atoms with van der Waals surface area (Å²) in [5.41, 5.74) is -0.694. The maximum absolute atomic E-state index is 12.1. The zero-order valence-corrected chi connectivity index (χ0v) is 13.8. The summed E-state index contributed by atoms with van der Waals surface area (Å²) in [5, 5.41) is 16.0. The number of nitrogens with one attached hydrogen (secondary N) is 1. The number of nitrogens with zero attached hydrogens (tertiary/aromatic N) is 4. The van der Waals surface area contributed by atoms with Crippen molar-refractivity contribution in [3.05, 3.63) is 0 Å². The Labute approximate surface area is 129 Å². The van der Waals surface area contributed by atoms with E-state index < -0.39 is 5.54 Å². The van der Waals surface area contributed by atoms with Gasteiger partial charge >= 0.3 is 5.97 Å². The van der Waals surface area contributed by atoms with Gasteiger partial charge in [-0.2, -0.15) is 0 Å². The van der Waals surface area contributed by atoms with Crippen LogP contribution in [0.5, 0.6) is 0 Å². The summed E-state index contributed by atoms with van der Waals surface area (Å²) < 4.78 is 7.04. The van der Waals surface area contributed by atoms with Gasteiger partial charge in [-0.3, -0.25) is 4.79 Å². The van der Waals surface area contributed by atoms with Gasteiger partial charge in [0.05, 0.1) is 12.6 Å². The Morgan fingerprint density at radius 3 is 2.90 bits per heavy atom. The predicted octanol–water partition coefficient (Wildman–Crippen LogP) is 1.42. The number of hydrogen-bond acceptors (Lipinski definition) is 7. The van der Waals surface area contributed by atoms with Crippen molar-refractivity contribution in [3.63, 3.8) is 0 Å². The van der Waals surface area contributed by atoms with Gasteiger partial charge < -0.3 is 10.1 Å². The molecule has 0 bridgehead atoms. The average molecular weight is 313 g/mol. The number of aromatic nitrogens is 4. The average Bonchev–Trinajstić information content (AvgIpc) is 3.19. The fourth-order valence-electron chi connectivity index (χ4n) is 2.19. The Balaban J connectivity index is 1.97. The Hall–Kier alpha value is -1.15. The van der Waals surface area contributed by atoms with E-state index in [0.29, 0.717) is 19.1 Å². The predicted molar refractivity (Wildman–Crippen MR) is 80.1 cm³/mol. The molecular formula is C13H23N5O2S. The fraction of sp³-hybridized carbons (Fsp3) is 0.846. The molecule has 21 heavy (non-hydrogen) atoms. The number of rotatable bonds is 8. The third-order valence-electron chi connectivity index (χ3n) is 3.64. The molecule has 118 valence electrons. The molecule has 1 N–H and O–H groups in total. The Morgan fingerprint density at radius 1 is 1.62 bits per heavy atom. The number of thioether (sulfide) groups is 1. The number of likely N-dealkylation sites (N-methyl/N-ethyl adjacent to an activating group) is 1. The summed E-state index contributed by atoms with van der Waals surface area (Å²) >= 11 is 1.60. The van der Waals surface area contributed by atoms with Gasteiger partial charge in [0.25, 0.3) is 0 Å². The summed E-state index contributed by atoms with van der Waals surface area (Å²) in [6.45, 7) is 6.14.